The summed E-state index contributed by atoms with van der Waals surface area (Å²) in [6.07, 6.45) is 13.2. The van der Waals surface area contributed by atoms with E-state index < -0.39 is 99.3 Å². The number of fused-ring (bicyclic) bond motifs is 10. The van der Waals surface area contributed by atoms with E-state index in [-0.39, 0.29) is 100 Å². The van der Waals surface area contributed by atoms with Crippen molar-refractivity contribution in [2.24, 2.45) is 34.5 Å². The molecule has 4 fully saturated rings. The second-order valence-corrected chi connectivity index (χ2v) is 31.7. The van der Waals surface area contributed by atoms with Crippen molar-refractivity contribution >= 4 is 69.1 Å². The van der Waals surface area contributed by atoms with Gasteiger partial charge in [0.15, 0.2) is 11.6 Å². The van der Waals surface area contributed by atoms with E-state index in [1.807, 2.05) is 32.1 Å². The van der Waals surface area contributed by atoms with E-state index in [1.165, 1.54) is 16.9 Å². The predicted molar refractivity (Wildman–Crippen MR) is 376 cm³/mol. The summed E-state index contributed by atoms with van der Waals surface area (Å²) in [5.74, 6) is -4.02. The Bertz CT molecular complexity index is 3970. The quantitative estimate of drug-likeness (QED) is 0.0832. The zero-order valence-corrected chi connectivity index (χ0v) is 61.2. The van der Waals surface area contributed by atoms with E-state index in [9.17, 15) is 43.5 Å². The van der Waals surface area contributed by atoms with Crippen molar-refractivity contribution in [2.45, 2.75) is 250 Å². The van der Waals surface area contributed by atoms with Gasteiger partial charge in [0, 0.05) is 72.3 Å². The van der Waals surface area contributed by atoms with Crippen molar-refractivity contribution in [3.05, 3.63) is 83.2 Å². The number of aromatic nitrogens is 2. The van der Waals surface area contributed by atoms with Crippen LogP contribution in [0.15, 0.2) is 60.7 Å². The van der Waals surface area contributed by atoms with E-state index in [0.717, 1.165) is 38.5 Å². The van der Waals surface area contributed by atoms with Gasteiger partial charge < -0.3 is 48.1 Å². The van der Waals surface area contributed by atoms with Crippen LogP contribution in [0.5, 0.6) is 23.0 Å². The minimum absolute atomic E-state index is 0.00605. The highest BCUT2D eigenvalue weighted by molar-refractivity contribution is 5.98. The number of allylic oxidation sites excluding steroid dienone is 4. The maximum absolute atomic E-state index is 16.8. The van der Waals surface area contributed by atoms with Gasteiger partial charge in [-0.1, -0.05) is 63.8 Å². The number of aryl methyl sites for hydroxylation is 2. The van der Waals surface area contributed by atoms with Crippen LogP contribution in [0, 0.1) is 34.5 Å². The second kappa shape index (κ2) is 30.0. The number of hydrogen-bond acceptors (Lipinski definition) is 17. The Labute approximate surface area is 596 Å². The van der Waals surface area contributed by atoms with Crippen molar-refractivity contribution < 1.29 is 85.4 Å². The third kappa shape index (κ3) is 15.9. The van der Waals surface area contributed by atoms with Crippen LogP contribution in [0.3, 0.4) is 0 Å². The third-order valence-corrected chi connectivity index (χ3v) is 22.0. The smallest absolute Gasteiger partial charge is 0.313 e. The van der Waals surface area contributed by atoms with Crippen molar-refractivity contribution in [3.63, 3.8) is 0 Å². The molecule has 2 aromatic carbocycles. The number of hydrogen-bond donors (Lipinski definition) is 1. The van der Waals surface area contributed by atoms with Gasteiger partial charge in [0.2, 0.25) is 11.8 Å². The molecule has 8 heterocycles. The molecule has 4 aromatic rings. The molecule has 12 atom stereocenters. The zero-order valence-electron chi connectivity index (χ0n) is 61.2. The summed E-state index contributed by atoms with van der Waals surface area (Å²) in [7, 11) is 3.09. The molecule has 2 aliphatic carbocycles. The highest BCUT2D eigenvalue weighted by Crippen LogP contribution is 2.60. The van der Waals surface area contributed by atoms with Gasteiger partial charge >= 0.3 is 23.9 Å². The van der Waals surface area contributed by atoms with Gasteiger partial charge in [-0.3, -0.25) is 38.4 Å². The van der Waals surface area contributed by atoms with Crippen LogP contribution < -0.4 is 18.9 Å². The molecule has 2 saturated carbocycles. The average Bonchev–Trinajstić information content (AvgIpc) is 1.23. The van der Waals surface area contributed by atoms with Crippen LogP contribution in [0.2, 0.25) is 0 Å². The van der Waals surface area contributed by atoms with Crippen LogP contribution in [0.25, 0.3) is 21.8 Å². The molecule has 2 aromatic heterocycles. The number of ether oxygens (including phenoxy) is 7. The van der Waals surface area contributed by atoms with Gasteiger partial charge in [0.05, 0.1) is 92.1 Å². The summed E-state index contributed by atoms with van der Waals surface area (Å²) < 4.78 is 74.7. The number of carbonyl (C=O) groups is 8. The van der Waals surface area contributed by atoms with E-state index >= 15 is 8.78 Å². The topological polar surface area (TPSA) is 254 Å². The fraction of sp³-hybridized carbons (Fsp3) is 0.625. The molecule has 20 nitrogen and oxygen atoms in total. The number of Topliss-reactive ketones (excluding diaryl/α,β-unsaturated/α-hetero) is 2. The number of carboxylic acid groups (broad SMARTS) is 1. The Balaban J connectivity index is 0.000000205. The van der Waals surface area contributed by atoms with Crippen LogP contribution >= 0.6 is 0 Å². The molecule has 2 amide bonds. The lowest BCUT2D eigenvalue weighted by Gasteiger charge is -2.38. The molecule has 1 N–H and O–H groups in total. The van der Waals surface area contributed by atoms with Crippen LogP contribution in [-0.2, 0) is 65.4 Å². The number of aliphatic carboxylic acids is 1. The first-order chi connectivity index (χ1) is 48.4. The summed E-state index contributed by atoms with van der Waals surface area (Å²) in [6.45, 7) is 16.3. The Morgan fingerprint density at radius 3 is 1.41 bits per heavy atom. The molecule has 0 radical (unpaired) electrons. The van der Waals surface area contributed by atoms with Gasteiger partial charge in [-0.05, 0) is 161 Å². The maximum Gasteiger partial charge on any atom is 0.313 e. The Morgan fingerprint density at radius 2 is 1.01 bits per heavy atom. The molecule has 552 valence electrons. The van der Waals surface area contributed by atoms with Crippen LogP contribution in [0.4, 0.5) is 8.78 Å². The largest absolute Gasteiger partial charge is 0.497 e. The first-order valence-electron chi connectivity index (χ1n) is 36.9. The summed E-state index contributed by atoms with van der Waals surface area (Å²) in [4.78, 5) is 123. The lowest BCUT2D eigenvalue weighted by Crippen LogP contribution is -2.47. The van der Waals surface area contributed by atoms with Crippen LogP contribution in [0.1, 0.15) is 226 Å². The molecule has 0 unspecified atom stereocenters. The van der Waals surface area contributed by atoms with Crippen molar-refractivity contribution in [3.8, 4) is 23.0 Å². The molecule has 2 spiro atoms. The predicted octanol–water partition coefficient (Wildman–Crippen LogP) is 14.2. The summed E-state index contributed by atoms with van der Waals surface area (Å²) in [5, 5.41) is 11.5. The number of carboxylic acids is 1. The molecule has 8 aliphatic rings. The Kier molecular flexibility index (Phi) is 22.1. The highest BCUT2D eigenvalue weighted by Gasteiger charge is 2.65. The maximum atomic E-state index is 16.8. The number of pyridine rings is 2. The Hall–Kier alpha value is -8.04. The molecular formula is C80H102F2N4O16. The van der Waals surface area contributed by atoms with E-state index in [4.69, 9.17) is 43.1 Å². The van der Waals surface area contributed by atoms with E-state index in [1.54, 1.807) is 92.0 Å². The van der Waals surface area contributed by atoms with Gasteiger partial charge in [-0.15, -0.1) is 0 Å². The molecule has 6 aliphatic heterocycles. The number of halogens is 2. The molecule has 102 heavy (non-hydrogen) atoms. The first kappa shape index (κ1) is 75.1. The van der Waals surface area contributed by atoms with Gasteiger partial charge in [0.25, 0.3) is 0 Å². The molecule has 22 heteroatoms. The normalized spacial score (nSPS) is 30.3. The number of rotatable bonds is 11. The summed E-state index contributed by atoms with van der Waals surface area (Å²) in [6, 6.07) is 8.64. The van der Waals surface area contributed by atoms with Gasteiger partial charge in [-0.2, -0.15) is 0 Å². The number of nitrogens with zero attached hydrogens (tertiary/aromatic N) is 4. The first-order valence-corrected chi connectivity index (χ1v) is 36.9. The number of methoxy groups -OCH3 is 2. The molecule has 12 rings (SSSR count). The number of alkyl halides is 2. The van der Waals surface area contributed by atoms with Crippen LogP contribution in [-0.4, -0.2) is 141 Å². The lowest BCUT2D eigenvalue weighted by atomic mass is 9.84. The Morgan fingerprint density at radius 1 is 0.588 bits per heavy atom. The fourth-order valence-electron chi connectivity index (χ4n) is 16.7. The average molecular weight is 1410 g/mol. The standard InChI is InChI=1S/C41H53FN2O8.C39H49FN2O8/c1-7-30-36-35(28-19-27(49-6)16-17-31(28)43-30)29(42)21-40(52-36)22-32-33(45)23-41(38(48)50-8-2)20-26(41)15-13-11-9-10-12-14-25(37(47)44(32)24-40)18-34(46)51-39(3,4)5;1-6-28-34-33(26-17-25(48-5)14-15-29(26)41-28)27(40)19-38(50-34)20-30-31(43)21-39(36(46)47)18-24(39)13-11-9-7-8-10-12-23(35(45)42(30)22-38)16-32(44)49-37(2,3)4/h13,15-17,19,25-26,29,32H,7-12,14,18,20-24H2,1-6H3;11,13-15,17,23-24,27,30H,6-10,12,16,18-22H2,1-5H3,(H,46,47)/b15-13-;13-11-/t25-,26-,29-,32+,40-,41-;23-,24-,27-,30+,38-,39-/m11/s1. The molecular weight excluding hydrogens is 1310 g/mol. The van der Waals surface area contributed by atoms with Gasteiger partial charge in [-0.25, -0.2) is 18.7 Å². The number of carbonyl (C=O) groups excluding carboxylic acids is 7. The molecule has 2 saturated heterocycles. The number of ketones is 2. The minimum Gasteiger partial charge on any atom is -0.497 e. The summed E-state index contributed by atoms with van der Waals surface area (Å²) in [5.41, 5.74) is -3.05. The SMILES string of the molecule is CCOC(=O)[C@]12CC(=O)[C@@H]3C[C@]4(C[C@@H](F)c5c(c(CC)nc6ccc(OC)cc56)O4)CN3C(=O)[C@@H](CC(=O)OC(C)(C)C)CCCCC/C=C\[C@@H]1C2.CCc1nc2ccc(OC)cc2c2c1O[C@]1(C[C@H]2F)C[C@H]2C(=O)C[C@]3(C(=O)O)C[C@H]3/C=C\CCCCC[C@H](CC(=O)OC(C)(C)C)C(=O)N2C1. The van der Waals surface area contributed by atoms with Gasteiger partial charge in [0.1, 0.15) is 57.7 Å². The lowest BCUT2D eigenvalue weighted by molar-refractivity contribution is -0.159. The molecule has 0 bridgehead atoms. The number of benzene rings is 2. The number of amides is 2. The second-order valence-electron chi connectivity index (χ2n) is 31.7. The summed E-state index contributed by atoms with van der Waals surface area (Å²) >= 11 is 0. The number of esters is 3. The van der Waals surface area contributed by atoms with E-state index in [2.05, 4.69) is 6.08 Å². The van der Waals surface area contributed by atoms with Crippen molar-refractivity contribution in [2.75, 3.05) is 33.9 Å². The zero-order chi connectivity index (χ0) is 73.4. The monoisotopic (exact) mass is 1410 g/mol. The third-order valence-electron chi connectivity index (χ3n) is 22.0. The van der Waals surface area contributed by atoms with Crippen molar-refractivity contribution in [1.82, 2.24) is 19.8 Å². The highest BCUT2D eigenvalue weighted by atomic mass is 19.1. The fourth-order valence-corrected chi connectivity index (χ4v) is 16.7. The van der Waals surface area contributed by atoms with E-state index in [0.29, 0.717) is 119 Å². The minimum atomic E-state index is -1.49. The van der Waals surface area contributed by atoms with Crippen molar-refractivity contribution in [1.29, 1.82) is 0 Å².